The summed E-state index contributed by atoms with van der Waals surface area (Å²) >= 11 is 0. The summed E-state index contributed by atoms with van der Waals surface area (Å²) in [7, 11) is -3.61. The lowest BCUT2D eigenvalue weighted by Crippen LogP contribution is -2.62. The Morgan fingerprint density at radius 1 is 1.48 bits per heavy atom. The summed E-state index contributed by atoms with van der Waals surface area (Å²) in [6.45, 7) is 2.61. The lowest BCUT2D eigenvalue weighted by molar-refractivity contribution is -0.00356. The van der Waals surface area contributed by atoms with E-state index in [1.165, 1.54) is 16.8 Å². The van der Waals surface area contributed by atoms with Crippen LogP contribution in [0.15, 0.2) is 17.6 Å². The number of nitrogens with one attached hydrogen (secondary N) is 1. The molecule has 0 aromatic carbocycles. The molecule has 10 heteroatoms. The number of alkyl halides is 2. The number of ether oxygens (including phenoxy) is 1. The maximum absolute atomic E-state index is 13.7. The first-order valence-corrected chi connectivity index (χ1v) is 8.97. The van der Waals surface area contributed by atoms with E-state index in [1.807, 2.05) is 6.92 Å². The van der Waals surface area contributed by atoms with Crippen LogP contribution in [0.1, 0.15) is 13.3 Å². The van der Waals surface area contributed by atoms with Gasteiger partial charge in [0.15, 0.2) is 5.03 Å². The molecule has 1 N–H and O–H groups in total. The van der Waals surface area contributed by atoms with Crippen LogP contribution in [0.5, 0.6) is 0 Å². The van der Waals surface area contributed by atoms with Gasteiger partial charge in [-0.3, -0.25) is 4.90 Å². The van der Waals surface area contributed by atoms with Gasteiger partial charge in [-0.1, -0.05) is 0 Å². The fraction of sp³-hybridized carbons (Fsp3) is 0.769. The van der Waals surface area contributed by atoms with Crippen LogP contribution in [0, 0.1) is 0 Å². The number of halogens is 2. The van der Waals surface area contributed by atoms with Crippen molar-refractivity contribution in [2.45, 2.75) is 36.4 Å². The number of aromatic nitrogens is 2. The third-order valence-electron chi connectivity index (χ3n) is 4.32. The molecule has 0 radical (unpaired) electrons. The SMILES string of the molecule is CCOC[C@@H]1CC(F)(F)CN1C1CN(S(=O)(=O)c2cnc[nH]2)C1. The summed E-state index contributed by atoms with van der Waals surface area (Å²) < 4.78 is 58.5. The summed E-state index contributed by atoms with van der Waals surface area (Å²) in [5, 5.41) is 0.0218. The third-order valence-corrected chi connectivity index (χ3v) is 6.08. The first kappa shape index (κ1) is 16.7. The van der Waals surface area contributed by atoms with E-state index >= 15 is 0 Å². The van der Waals surface area contributed by atoms with E-state index in [1.54, 1.807) is 4.90 Å². The highest BCUT2D eigenvalue weighted by molar-refractivity contribution is 7.89. The number of aromatic amines is 1. The molecule has 1 aromatic heterocycles. The Bertz CT molecular complexity index is 632. The van der Waals surface area contributed by atoms with Crippen LogP contribution in [0.25, 0.3) is 0 Å². The molecule has 0 bridgehead atoms. The third kappa shape index (κ3) is 3.25. The molecule has 0 spiro atoms. The van der Waals surface area contributed by atoms with Gasteiger partial charge in [0.2, 0.25) is 0 Å². The average Bonchev–Trinajstić information content (AvgIpc) is 3.03. The summed E-state index contributed by atoms with van der Waals surface area (Å²) in [6, 6.07) is -0.571. The molecule has 2 saturated heterocycles. The fourth-order valence-electron chi connectivity index (χ4n) is 3.10. The van der Waals surface area contributed by atoms with Gasteiger partial charge in [-0.2, -0.15) is 4.31 Å². The van der Waals surface area contributed by atoms with Gasteiger partial charge in [0, 0.05) is 38.2 Å². The van der Waals surface area contributed by atoms with E-state index in [2.05, 4.69) is 9.97 Å². The van der Waals surface area contributed by atoms with Crippen molar-refractivity contribution in [3.8, 4) is 0 Å². The van der Waals surface area contributed by atoms with Crippen LogP contribution < -0.4 is 0 Å². The van der Waals surface area contributed by atoms with Crippen molar-refractivity contribution in [3.05, 3.63) is 12.5 Å². The average molecular weight is 350 g/mol. The normalized spacial score (nSPS) is 26.5. The van der Waals surface area contributed by atoms with Gasteiger partial charge >= 0.3 is 0 Å². The topological polar surface area (TPSA) is 78.5 Å². The van der Waals surface area contributed by atoms with Crippen molar-refractivity contribution in [1.29, 1.82) is 0 Å². The molecule has 2 fully saturated rings. The van der Waals surface area contributed by atoms with E-state index in [0.717, 1.165) is 0 Å². The van der Waals surface area contributed by atoms with Gasteiger partial charge in [0.1, 0.15) is 0 Å². The van der Waals surface area contributed by atoms with E-state index in [-0.39, 0.29) is 49.8 Å². The van der Waals surface area contributed by atoms with Crippen LogP contribution in [0.4, 0.5) is 8.78 Å². The van der Waals surface area contributed by atoms with Gasteiger partial charge in [0.25, 0.3) is 15.9 Å². The van der Waals surface area contributed by atoms with Gasteiger partial charge in [-0.25, -0.2) is 22.2 Å². The molecular formula is C13H20F2N4O3S. The molecule has 130 valence electrons. The molecule has 0 amide bonds. The molecule has 23 heavy (non-hydrogen) atoms. The van der Waals surface area contributed by atoms with Crippen LogP contribution in [0.2, 0.25) is 0 Å². The minimum atomic E-state index is -3.61. The number of hydrogen-bond donors (Lipinski definition) is 1. The second kappa shape index (κ2) is 6.08. The first-order valence-electron chi connectivity index (χ1n) is 7.53. The maximum atomic E-state index is 13.7. The number of nitrogens with zero attached hydrogens (tertiary/aromatic N) is 3. The van der Waals surface area contributed by atoms with E-state index < -0.39 is 15.9 Å². The molecule has 7 nitrogen and oxygen atoms in total. The molecule has 0 saturated carbocycles. The Morgan fingerprint density at radius 2 is 2.22 bits per heavy atom. The smallest absolute Gasteiger partial charge is 0.262 e. The van der Waals surface area contributed by atoms with Crippen molar-refractivity contribution in [1.82, 2.24) is 19.2 Å². The zero-order chi connectivity index (χ0) is 16.7. The van der Waals surface area contributed by atoms with Crippen LogP contribution in [-0.4, -0.2) is 78.4 Å². The van der Waals surface area contributed by atoms with Crippen molar-refractivity contribution in [2.75, 3.05) is 32.8 Å². The molecule has 1 atom stereocenters. The monoisotopic (exact) mass is 350 g/mol. The fourth-order valence-corrected chi connectivity index (χ4v) is 4.51. The molecule has 3 heterocycles. The second-order valence-electron chi connectivity index (χ2n) is 5.94. The predicted octanol–water partition coefficient (Wildman–Crippen LogP) is 0.529. The predicted molar refractivity (Wildman–Crippen MR) is 77.7 cm³/mol. The van der Waals surface area contributed by atoms with E-state index in [9.17, 15) is 17.2 Å². The van der Waals surface area contributed by atoms with Gasteiger partial charge in [0.05, 0.1) is 25.7 Å². The molecule has 0 unspecified atom stereocenters. The molecular weight excluding hydrogens is 330 g/mol. The highest BCUT2D eigenvalue weighted by atomic mass is 32.2. The van der Waals surface area contributed by atoms with Crippen LogP contribution in [0.3, 0.4) is 0 Å². The Labute approximate surface area is 133 Å². The summed E-state index contributed by atoms with van der Waals surface area (Å²) in [6.07, 6.45) is 2.30. The standard InChI is InChI=1S/C13H20F2N4O3S/c1-2-22-7-10-3-13(14,15)8-19(10)11-5-18(6-11)23(20,21)12-4-16-9-17-12/h4,9-11H,2-3,5-8H2,1H3,(H,16,17)/t10-/m0/s1. The number of imidazole rings is 1. The Balaban J connectivity index is 1.64. The minimum absolute atomic E-state index is 0.0218. The summed E-state index contributed by atoms with van der Waals surface area (Å²) in [4.78, 5) is 7.96. The Morgan fingerprint density at radius 3 is 2.83 bits per heavy atom. The van der Waals surface area contributed by atoms with Gasteiger partial charge in [-0.05, 0) is 6.92 Å². The van der Waals surface area contributed by atoms with Gasteiger partial charge in [-0.15, -0.1) is 0 Å². The van der Waals surface area contributed by atoms with Crippen molar-refractivity contribution in [3.63, 3.8) is 0 Å². The number of rotatable bonds is 6. The zero-order valence-corrected chi connectivity index (χ0v) is 13.6. The largest absolute Gasteiger partial charge is 0.380 e. The molecule has 3 rings (SSSR count). The summed E-state index contributed by atoms with van der Waals surface area (Å²) in [5.41, 5.74) is 0. The molecule has 2 aliphatic rings. The van der Waals surface area contributed by atoms with E-state index in [0.29, 0.717) is 6.61 Å². The lowest BCUT2D eigenvalue weighted by Gasteiger charge is -2.44. The summed E-state index contributed by atoms with van der Waals surface area (Å²) in [5.74, 6) is -2.75. The maximum Gasteiger partial charge on any atom is 0.262 e. The van der Waals surface area contributed by atoms with Crippen LogP contribution in [-0.2, 0) is 14.8 Å². The van der Waals surface area contributed by atoms with Crippen molar-refractivity contribution in [2.24, 2.45) is 0 Å². The molecule has 1 aromatic rings. The quantitative estimate of drug-likeness (QED) is 0.810. The molecule has 0 aliphatic carbocycles. The Kier molecular flexibility index (Phi) is 4.43. The molecule has 2 aliphatic heterocycles. The van der Waals surface area contributed by atoms with E-state index in [4.69, 9.17) is 4.74 Å². The van der Waals surface area contributed by atoms with Crippen molar-refractivity contribution < 1.29 is 21.9 Å². The second-order valence-corrected chi connectivity index (χ2v) is 7.84. The number of hydrogen-bond acceptors (Lipinski definition) is 5. The number of H-pyrrole nitrogens is 1. The van der Waals surface area contributed by atoms with Crippen LogP contribution >= 0.6 is 0 Å². The van der Waals surface area contributed by atoms with Crippen molar-refractivity contribution >= 4 is 10.0 Å². The Hall–Kier alpha value is -1.10. The first-order chi connectivity index (χ1) is 10.8. The minimum Gasteiger partial charge on any atom is -0.380 e. The highest BCUT2D eigenvalue weighted by Gasteiger charge is 2.51. The lowest BCUT2D eigenvalue weighted by atomic mass is 10.1. The highest BCUT2D eigenvalue weighted by Crippen LogP contribution is 2.36. The van der Waals surface area contributed by atoms with Gasteiger partial charge < -0.3 is 9.72 Å². The number of sulfonamides is 1. The number of likely N-dealkylation sites (tertiary alicyclic amines) is 1. The zero-order valence-electron chi connectivity index (χ0n) is 12.8.